The van der Waals surface area contributed by atoms with Crippen LogP contribution in [0.3, 0.4) is 0 Å². The van der Waals surface area contributed by atoms with E-state index in [1.54, 1.807) is 11.1 Å². The van der Waals surface area contributed by atoms with E-state index in [4.69, 9.17) is 4.74 Å². The predicted molar refractivity (Wildman–Crippen MR) is 87.8 cm³/mol. The van der Waals surface area contributed by atoms with E-state index in [9.17, 15) is 0 Å². The van der Waals surface area contributed by atoms with Crippen LogP contribution in [0.15, 0.2) is 24.3 Å². The fraction of sp³-hybridized carbons (Fsp3) is 0.684. The van der Waals surface area contributed by atoms with Crippen LogP contribution in [-0.2, 0) is 11.2 Å². The van der Waals surface area contributed by atoms with Crippen LogP contribution >= 0.6 is 0 Å². The molecule has 0 aromatic heterocycles. The molecular weight excluding hydrogens is 258 g/mol. The zero-order chi connectivity index (χ0) is 14.7. The number of hydrogen-bond acceptors (Lipinski definition) is 2. The van der Waals surface area contributed by atoms with Crippen molar-refractivity contribution in [1.82, 2.24) is 5.32 Å². The molecule has 2 heteroatoms. The third-order valence-corrected chi connectivity index (χ3v) is 5.61. The number of fused-ring (bicyclic) bond motifs is 1. The fourth-order valence-electron chi connectivity index (χ4n) is 4.33. The van der Waals surface area contributed by atoms with Gasteiger partial charge in [0.05, 0.1) is 5.60 Å². The molecule has 1 aromatic rings. The van der Waals surface area contributed by atoms with Gasteiger partial charge in [-0.3, -0.25) is 0 Å². The van der Waals surface area contributed by atoms with Gasteiger partial charge in [-0.05, 0) is 55.7 Å². The summed E-state index contributed by atoms with van der Waals surface area (Å²) in [4.78, 5) is 0. The van der Waals surface area contributed by atoms with Crippen LogP contribution in [0, 0.1) is 0 Å². The second-order valence-corrected chi connectivity index (χ2v) is 6.82. The Morgan fingerprint density at radius 3 is 2.71 bits per heavy atom. The number of hydrogen-bond donors (Lipinski definition) is 1. The summed E-state index contributed by atoms with van der Waals surface area (Å²) < 4.78 is 6.05. The normalized spacial score (nSPS) is 24.4. The van der Waals surface area contributed by atoms with Crippen LogP contribution in [0.5, 0.6) is 0 Å². The molecule has 1 N–H and O–H groups in total. The Hall–Kier alpha value is -0.860. The molecule has 2 nitrogen and oxygen atoms in total. The largest absolute Gasteiger partial charge is 0.377 e. The molecule has 1 aromatic carbocycles. The maximum absolute atomic E-state index is 6.05. The van der Waals surface area contributed by atoms with Crippen molar-refractivity contribution in [3.05, 3.63) is 35.4 Å². The lowest BCUT2D eigenvalue weighted by atomic mass is 9.72. The monoisotopic (exact) mass is 287 g/mol. The van der Waals surface area contributed by atoms with E-state index in [-0.39, 0.29) is 5.60 Å². The minimum Gasteiger partial charge on any atom is -0.377 e. The molecule has 21 heavy (non-hydrogen) atoms. The molecule has 0 spiro atoms. The van der Waals surface area contributed by atoms with E-state index in [1.165, 1.54) is 44.9 Å². The number of nitrogens with one attached hydrogen (secondary N) is 1. The number of benzene rings is 1. The van der Waals surface area contributed by atoms with Gasteiger partial charge in [0, 0.05) is 13.2 Å². The van der Waals surface area contributed by atoms with Crippen molar-refractivity contribution in [3.63, 3.8) is 0 Å². The first-order valence-electron chi connectivity index (χ1n) is 8.65. The van der Waals surface area contributed by atoms with Gasteiger partial charge in [-0.2, -0.15) is 0 Å². The molecule has 116 valence electrons. The van der Waals surface area contributed by atoms with Crippen LogP contribution in [0.25, 0.3) is 0 Å². The molecule has 0 bridgehead atoms. The molecule has 1 fully saturated rings. The Kier molecular flexibility index (Phi) is 4.66. The highest BCUT2D eigenvalue weighted by Gasteiger charge is 2.43. The second kappa shape index (κ2) is 6.50. The Labute approximate surface area is 129 Å². The summed E-state index contributed by atoms with van der Waals surface area (Å²) >= 11 is 0. The van der Waals surface area contributed by atoms with Crippen molar-refractivity contribution in [3.8, 4) is 0 Å². The highest BCUT2D eigenvalue weighted by molar-refractivity contribution is 5.40. The SMILES string of the molecule is CCCNC(CC1Cc2ccccc21)C1(OC)CCCC1. The molecule has 2 unspecified atom stereocenters. The van der Waals surface area contributed by atoms with Gasteiger partial charge in [-0.25, -0.2) is 0 Å². The molecule has 3 rings (SSSR count). The fourth-order valence-corrected chi connectivity index (χ4v) is 4.33. The summed E-state index contributed by atoms with van der Waals surface area (Å²) in [7, 11) is 1.92. The molecule has 0 heterocycles. The van der Waals surface area contributed by atoms with Gasteiger partial charge >= 0.3 is 0 Å². The van der Waals surface area contributed by atoms with Gasteiger partial charge in [0.15, 0.2) is 0 Å². The van der Waals surface area contributed by atoms with Gasteiger partial charge in [-0.1, -0.05) is 44.0 Å². The second-order valence-electron chi connectivity index (χ2n) is 6.82. The quantitative estimate of drug-likeness (QED) is 0.817. The van der Waals surface area contributed by atoms with E-state index in [0.717, 1.165) is 12.5 Å². The zero-order valence-electron chi connectivity index (χ0n) is 13.5. The van der Waals surface area contributed by atoms with E-state index in [1.807, 2.05) is 7.11 Å². The summed E-state index contributed by atoms with van der Waals surface area (Å²) in [6, 6.07) is 9.44. The van der Waals surface area contributed by atoms with Crippen molar-refractivity contribution in [2.24, 2.45) is 0 Å². The summed E-state index contributed by atoms with van der Waals surface area (Å²) in [6.07, 6.45) is 8.75. The molecule has 2 aliphatic carbocycles. The molecule has 2 atom stereocenters. The lowest BCUT2D eigenvalue weighted by Gasteiger charge is -2.41. The topological polar surface area (TPSA) is 21.3 Å². The maximum atomic E-state index is 6.05. The Morgan fingerprint density at radius 1 is 1.29 bits per heavy atom. The van der Waals surface area contributed by atoms with Crippen molar-refractivity contribution in [2.45, 2.75) is 69.4 Å². The lowest BCUT2D eigenvalue weighted by molar-refractivity contribution is -0.0399. The molecular formula is C19H29NO. The molecule has 0 saturated heterocycles. The van der Waals surface area contributed by atoms with Gasteiger partial charge in [0.25, 0.3) is 0 Å². The van der Waals surface area contributed by atoms with Crippen molar-refractivity contribution in [2.75, 3.05) is 13.7 Å². The van der Waals surface area contributed by atoms with E-state index >= 15 is 0 Å². The van der Waals surface area contributed by atoms with E-state index in [2.05, 4.69) is 36.5 Å². The third-order valence-electron chi connectivity index (χ3n) is 5.61. The molecule has 0 radical (unpaired) electrons. The first-order valence-corrected chi connectivity index (χ1v) is 8.65. The van der Waals surface area contributed by atoms with E-state index < -0.39 is 0 Å². The smallest absolute Gasteiger partial charge is 0.0831 e. The minimum absolute atomic E-state index is 0.0830. The summed E-state index contributed by atoms with van der Waals surface area (Å²) in [5, 5.41) is 3.81. The van der Waals surface area contributed by atoms with Crippen LogP contribution in [0.1, 0.15) is 62.5 Å². The Bertz CT molecular complexity index is 464. The Morgan fingerprint density at radius 2 is 2.05 bits per heavy atom. The first-order chi connectivity index (χ1) is 10.3. The van der Waals surface area contributed by atoms with Crippen LogP contribution < -0.4 is 5.32 Å². The third kappa shape index (κ3) is 2.89. The summed E-state index contributed by atoms with van der Waals surface area (Å²) in [5.74, 6) is 0.725. The van der Waals surface area contributed by atoms with Crippen molar-refractivity contribution < 1.29 is 4.74 Å². The zero-order valence-corrected chi connectivity index (χ0v) is 13.5. The molecule has 0 aliphatic heterocycles. The highest BCUT2D eigenvalue weighted by atomic mass is 16.5. The standard InChI is InChI=1S/C19H29NO/c1-3-12-20-18(19(21-2)10-6-7-11-19)14-16-13-15-8-4-5-9-17(15)16/h4-5,8-9,16,18,20H,3,6-7,10-14H2,1-2H3. The van der Waals surface area contributed by atoms with Gasteiger partial charge in [-0.15, -0.1) is 0 Å². The number of rotatable bonds is 7. The molecule has 0 amide bonds. The predicted octanol–water partition coefficient (Wildman–Crippen LogP) is 4.04. The average Bonchev–Trinajstić information content (AvgIpc) is 2.98. The lowest BCUT2D eigenvalue weighted by Crippen LogP contribution is -2.52. The minimum atomic E-state index is 0.0830. The number of ether oxygens (including phenoxy) is 1. The van der Waals surface area contributed by atoms with Crippen LogP contribution in [-0.4, -0.2) is 25.3 Å². The van der Waals surface area contributed by atoms with Gasteiger partial charge in [0.1, 0.15) is 0 Å². The van der Waals surface area contributed by atoms with Gasteiger partial charge in [0.2, 0.25) is 0 Å². The van der Waals surface area contributed by atoms with Crippen LogP contribution in [0.4, 0.5) is 0 Å². The van der Waals surface area contributed by atoms with Crippen molar-refractivity contribution >= 4 is 0 Å². The summed E-state index contributed by atoms with van der Waals surface area (Å²) in [6.45, 7) is 3.35. The van der Waals surface area contributed by atoms with E-state index in [0.29, 0.717) is 6.04 Å². The number of methoxy groups -OCH3 is 1. The summed E-state index contributed by atoms with van der Waals surface area (Å²) in [5.41, 5.74) is 3.21. The van der Waals surface area contributed by atoms with Crippen molar-refractivity contribution in [1.29, 1.82) is 0 Å². The molecule has 1 saturated carbocycles. The average molecular weight is 287 g/mol. The first kappa shape index (κ1) is 15.1. The van der Waals surface area contributed by atoms with Crippen LogP contribution in [0.2, 0.25) is 0 Å². The van der Waals surface area contributed by atoms with Gasteiger partial charge < -0.3 is 10.1 Å². The molecule has 2 aliphatic rings. The Balaban J connectivity index is 1.71. The highest BCUT2D eigenvalue weighted by Crippen LogP contribution is 2.43. The maximum Gasteiger partial charge on any atom is 0.0831 e.